The van der Waals surface area contributed by atoms with Gasteiger partial charge in [-0.05, 0) is 55.8 Å². The van der Waals surface area contributed by atoms with E-state index in [1.54, 1.807) is 23.5 Å². The van der Waals surface area contributed by atoms with Crippen molar-refractivity contribution in [1.82, 2.24) is 24.5 Å². The summed E-state index contributed by atoms with van der Waals surface area (Å²) in [6, 6.07) is 17.7. The Balaban J connectivity index is 0.00000140. The first-order chi connectivity index (χ1) is 17.6. The van der Waals surface area contributed by atoms with Gasteiger partial charge in [-0.25, -0.2) is 4.98 Å². The molecule has 8 nitrogen and oxygen atoms in total. The van der Waals surface area contributed by atoms with Crippen LogP contribution in [0, 0.1) is 11.3 Å². The molecule has 39 heavy (non-hydrogen) atoms. The molecule has 12 heteroatoms. The number of primary amides is 1. The van der Waals surface area contributed by atoms with Gasteiger partial charge in [-0.2, -0.15) is 10.4 Å². The second-order valence-corrected chi connectivity index (χ2v) is 10.1. The number of nitrogens with one attached hydrogen (secondary N) is 1. The van der Waals surface area contributed by atoms with Gasteiger partial charge in [0.1, 0.15) is 5.65 Å². The third-order valence-corrected chi connectivity index (χ3v) is 7.80. The molecule has 0 spiro atoms. The highest BCUT2D eigenvalue weighted by Gasteiger charge is 2.29. The molecule has 1 aliphatic rings. The Labute approximate surface area is 248 Å². The summed E-state index contributed by atoms with van der Waals surface area (Å²) in [6.45, 7) is 1.62. The smallest absolute Gasteiger partial charge is 0.234 e. The van der Waals surface area contributed by atoms with Crippen molar-refractivity contribution in [3.63, 3.8) is 0 Å². The molecule has 5 heterocycles. The number of pyridine rings is 1. The number of hydrogen-bond donors (Lipinski definition) is 2. The monoisotopic (exact) mass is 601 g/mol. The quantitative estimate of drug-likeness (QED) is 0.258. The Bertz CT molecular complexity index is 1620. The number of carbonyl (C=O) groups excluding carboxylic acids is 1. The number of fused-ring (bicyclic) bond motifs is 1. The molecular weight excluding hydrogens is 577 g/mol. The number of nitrogens with zero attached hydrogens (tertiary/aromatic N) is 5. The van der Waals surface area contributed by atoms with Crippen LogP contribution >= 0.6 is 48.6 Å². The van der Waals surface area contributed by atoms with Gasteiger partial charge < -0.3 is 5.73 Å². The first-order valence-electron chi connectivity index (χ1n) is 11.7. The van der Waals surface area contributed by atoms with E-state index in [1.165, 1.54) is 4.88 Å². The minimum absolute atomic E-state index is 0. The van der Waals surface area contributed by atoms with Crippen molar-refractivity contribution in [3.05, 3.63) is 77.6 Å². The molecule has 1 atom stereocenters. The second-order valence-electron chi connectivity index (χ2n) is 8.92. The maximum Gasteiger partial charge on any atom is 0.234 e. The summed E-state index contributed by atoms with van der Waals surface area (Å²) in [4.78, 5) is 20.9. The summed E-state index contributed by atoms with van der Waals surface area (Å²) >= 11 is 1.71. The van der Waals surface area contributed by atoms with Crippen molar-refractivity contribution < 1.29 is 4.79 Å². The van der Waals surface area contributed by atoms with Crippen molar-refractivity contribution in [2.24, 2.45) is 5.73 Å². The van der Waals surface area contributed by atoms with Crippen molar-refractivity contribution in [1.29, 1.82) is 5.26 Å². The van der Waals surface area contributed by atoms with E-state index in [9.17, 15) is 4.79 Å². The van der Waals surface area contributed by atoms with Gasteiger partial charge in [-0.3, -0.25) is 19.2 Å². The van der Waals surface area contributed by atoms with Gasteiger partial charge in [0, 0.05) is 40.5 Å². The molecule has 4 aromatic heterocycles. The van der Waals surface area contributed by atoms with Gasteiger partial charge in [0.25, 0.3) is 0 Å². The molecule has 1 aromatic carbocycles. The lowest BCUT2D eigenvalue weighted by Crippen LogP contribution is -2.39. The van der Waals surface area contributed by atoms with Crippen molar-refractivity contribution in [3.8, 4) is 39.0 Å². The molecule has 0 aliphatic carbocycles. The highest BCUT2D eigenvalue weighted by Crippen LogP contribution is 2.34. The zero-order chi connectivity index (χ0) is 24.6. The van der Waals surface area contributed by atoms with Gasteiger partial charge >= 0.3 is 0 Å². The third kappa shape index (κ3) is 5.81. The number of thiophene rings is 1. The lowest BCUT2D eigenvalue weighted by Gasteiger charge is -2.20. The first kappa shape index (κ1) is 30.2. The second kappa shape index (κ2) is 12.6. The molecule has 0 saturated carbocycles. The Kier molecular flexibility index (Phi) is 9.78. The standard InChI is InChI=1S/C27H23N7OS.3ClH/c28-12-17-3-5-18(6-4-17)26-21(13-31-32-26)19-7-10-25-30-14-23(34(25)15-19)24-9-8-20(36-24)16-33-11-1-2-22(33)27(29)35;;;/h3-10,13-15,22H,1-2,11,16H2,(H2,29,35)(H,31,32);3*1H/t22-;;;/m0.../s1. The number of likely N-dealkylation sites (tertiary alicyclic amines) is 1. The summed E-state index contributed by atoms with van der Waals surface area (Å²) in [7, 11) is 0. The van der Waals surface area contributed by atoms with Crippen LogP contribution in [0.5, 0.6) is 0 Å². The fraction of sp³-hybridized carbons (Fsp3) is 0.185. The van der Waals surface area contributed by atoms with Gasteiger partial charge in [0.15, 0.2) is 0 Å². The molecule has 202 valence electrons. The molecule has 0 unspecified atom stereocenters. The van der Waals surface area contributed by atoms with E-state index in [1.807, 2.05) is 36.7 Å². The predicted octanol–water partition coefficient (Wildman–Crippen LogP) is 5.71. The lowest BCUT2D eigenvalue weighted by atomic mass is 10.0. The summed E-state index contributed by atoms with van der Waals surface area (Å²) in [5.74, 6) is -0.238. The summed E-state index contributed by atoms with van der Waals surface area (Å²) in [5.41, 5.74) is 11.8. The van der Waals surface area contributed by atoms with Crippen molar-refractivity contribution >= 4 is 60.1 Å². The van der Waals surface area contributed by atoms with Crippen LogP contribution < -0.4 is 5.73 Å². The first-order valence-corrected chi connectivity index (χ1v) is 12.6. The lowest BCUT2D eigenvalue weighted by molar-refractivity contribution is -0.122. The zero-order valence-electron chi connectivity index (χ0n) is 20.6. The van der Waals surface area contributed by atoms with Crippen LogP contribution in [0.2, 0.25) is 0 Å². The maximum absolute atomic E-state index is 11.8. The van der Waals surface area contributed by atoms with Crippen LogP contribution in [-0.4, -0.2) is 43.0 Å². The van der Waals surface area contributed by atoms with E-state index < -0.39 is 0 Å². The predicted molar refractivity (Wildman–Crippen MR) is 161 cm³/mol. The normalized spacial score (nSPS) is 14.7. The number of rotatable bonds is 6. The van der Waals surface area contributed by atoms with Crippen LogP contribution in [0.4, 0.5) is 0 Å². The Morgan fingerprint density at radius 2 is 1.87 bits per heavy atom. The number of hydrogen-bond acceptors (Lipinski definition) is 6. The summed E-state index contributed by atoms with van der Waals surface area (Å²) < 4.78 is 2.10. The molecule has 1 aliphatic heterocycles. The SMILES string of the molecule is Cl.Cl.Cl.N#Cc1ccc(-c2n[nH]cc2-c2ccc3ncc(-c4ccc(CN5CCC[C@H]5C(N)=O)s4)n3c2)cc1. The number of amides is 1. The van der Waals surface area contributed by atoms with Gasteiger partial charge in [-0.15, -0.1) is 48.6 Å². The van der Waals surface area contributed by atoms with Crippen LogP contribution in [0.1, 0.15) is 23.3 Å². The Morgan fingerprint density at radius 1 is 1.10 bits per heavy atom. The minimum Gasteiger partial charge on any atom is -0.368 e. The number of halogens is 3. The molecular formula is C27H26Cl3N7OS. The Morgan fingerprint density at radius 3 is 2.62 bits per heavy atom. The highest BCUT2D eigenvalue weighted by molar-refractivity contribution is 7.15. The summed E-state index contributed by atoms with van der Waals surface area (Å²) in [5, 5.41) is 16.6. The van der Waals surface area contributed by atoms with Gasteiger partial charge in [0.05, 0.1) is 40.1 Å². The number of benzene rings is 1. The number of nitriles is 1. The fourth-order valence-electron chi connectivity index (χ4n) is 4.89. The van der Waals surface area contributed by atoms with Crippen LogP contribution in [0.25, 0.3) is 38.6 Å². The topological polar surface area (TPSA) is 116 Å². The summed E-state index contributed by atoms with van der Waals surface area (Å²) in [6.07, 6.45) is 7.70. The fourth-order valence-corrected chi connectivity index (χ4v) is 5.93. The van der Waals surface area contributed by atoms with Crippen molar-refractivity contribution in [2.75, 3.05) is 6.54 Å². The number of nitrogens with two attached hydrogens (primary N) is 1. The number of H-pyrrole nitrogens is 1. The van der Waals surface area contributed by atoms with E-state index in [0.29, 0.717) is 5.56 Å². The Hall–Kier alpha value is -3.39. The van der Waals surface area contributed by atoms with Crippen molar-refractivity contribution in [2.45, 2.75) is 25.4 Å². The zero-order valence-corrected chi connectivity index (χ0v) is 23.9. The molecule has 1 amide bonds. The van der Waals surface area contributed by atoms with E-state index >= 15 is 0 Å². The molecule has 0 radical (unpaired) electrons. The largest absolute Gasteiger partial charge is 0.368 e. The van der Waals surface area contributed by atoms with E-state index in [2.05, 4.69) is 48.9 Å². The molecule has 6 rings (SSSR count). The average molecular weight is 603 g/mol. The number of aromatic nitrogens is 4. The molecule has 5 aromatic rings. The highest BCUT2D eigenvalue weighted by atomic mass is 35.5. The van der Waals surface area contributed by atoms with Crippen LogP contribution in [0.3, 0.4) is 0 Å². The third-order valence-electron chi connectivity index (χ3n) is 6.71. The van der Waals surface area contributed by atoms with Gasteiger partial charge in [0.2, 0.25) is 5.91 Å². The van der Waals surface area contributed by atoms with Gasteiger partial charge in [-0.1, -0.05) is 12.1 Å². The van der Waals surface area contributed by atoms with Crippen LogP contribution in [-0.2, 0) is 11.3 Å². The molecule has 3 N–H and O–H groups in total. The molecule has 1 fully saturated rings. The van der Waals surface area contributed by atoms with E-state index in [0.717, 1.165) is 64.5 Å². The molecule has 0 bridgehead atoms. The van der Waals surface area contributed by atoms with E-state index in [4.69, 9.17) is 11.0 Å². The number of carbonyl (C=O) groups is 1. The number of imidazole rings is 1. The minimum atomic E-state index is -0.238. The average Bonchev–Trinajstić information content (AvgIpc) is 3.70. The maximum atomic E-state index is 11.8. The number of aromatic amines is 1. The van der Waals surface area contributed by atoms with E-state index in [-0.39, 0.29) is 49.2 Å². The molecule has 1 saturated heterocycles. The van der Waals surface area contributed by atoms with Crippen LogP contribution in [0.15, 0.2) is 67.1 Å².